The van der Waals surface area contributed by atoms with E-state index in [2.05, 4.69) is 35.1 Å². The summed E-state index contributed by atoms with van der Waals surface area (Å²) in [6.45, 7) is 7.63. The van der Waals surface area contributed by atoms with Crippen molar-refractivity contribution in [3.05, 3.63) is 53.7 Å². The molecule has 0 radical (unpaired) electrons. The normalized spacial score (nSPS) is 14.6. The predicted molar refractivity (Wildman–Crippen MR) is 97.4 cm³/mol. The molecule has 0 bridgehead atoms. The van der Waals surface area contributed by atoms with E-state index >= 15 is 0 Å². The van der Waals surface area contributed by atoms with Crippen molar-refractivity contribution in [2.45, 2.75) is 13.8 Å². The molecular formula is C19H24N4O. The first-order valence-electron chi connectivity index (χ1n) is 8.39. The minimum atomic E-state index is 0.150. The van der Waals surface area contributed by atoms with Crippen LogP contribution in [0.3, 0.4) is 0 Å². The highest BCUT2D eigenvalue weighted by Crippen LogP contribution is 2.18. The van der Waals surface area contributed by atoms with E-state index in [9.17, 15) is 4.79 Å². The Balaban J connectivity index is 1.51. The van der Waals surface area contributed by atoms with Gasteiger partial charge in [0.25, 0.3) is 0 Å². The van der Waals surface area contributed by atoms with Gasteiger partial charge in [-0.1, -0.05) is 18.2 Å². The molecule has 1 aliphatic rings. The maximum absolute atomic E-state index is 12.4. The van der Waals surface area contributed by atoms with Gasteiger partial charge < -0.3 is 15.1 Å². The monoisotopic (exact) mass is 324 g/mol. The fourth-order valence-corrected chi connectivity index (χ4v) is 2.95. The highest BCUT2D eigenvalue weighted by molar-refractivity contribution is 5.81. The number of amides is 1. The smallest absolute Gasteiger partial charge is 0.241 e. The Kier molecular flexibility index (Phi) is 4.99. The second-order valence-electron chi connectivity index (χ2n) is 6.16. The first-order chi connectivity index (χ1) is 11.6. The van der Waals surface area contributed by atoms with Crippen molar-refractivity contribution >= 4 is 17.4 Å². The Morgan fingerprint density at radius 3 is 2.58 bits per heavy atom. The molecule has 3 rings (SSSR count). The van der Waals surface area contributed by atoms with E-state index in [1.54, 1.807) is 6.20 Å². The molecular weight excluding hydrogens is 300 g/mol. The third-order valence-electron chi connectivity index (χ3n) is 4.64. The maximum atomic E-state index is 12.4. The Labute approximate surface area is 143 Å². The number of hydrogen-bond donors (Lipinski definition) is 1. The van der Waals surface area contributed by atoms with Crippen molar-refractivity contribution in [3.8, 4) is 0 Å². The molecule has 5 heteroatoms. The summed E-state index contributed by atoms with van der Waals surface area (Å²) in [5, 5.41) is 3.28. The SMILES string of the molecule is Cc1cccc(NCC(=O)N2CCN(c3ccccn3)CC2)c1C. The number of piperazine rings is 1. The molecule has 0 atom stereocenters. The van der Waals surface area contributed by atoms with E-state index in [0.717, 1.165) is 37.7 Å². The zero-order chi connectivity index (χ0) is 16.9. The molecule has 126 valence electrons. The summed E-state index contributed by atoms with van der Waals surface area (Å²) in [5.41, 5.74) is 3.47. The van der Waals surface area contributed by atoms with E-state index < -0.39 is 0 Å². The molecule has 24 heavy (non-hydrogen) atoms. The van der Waals surface area contributed by atoms with Gasteiger partial charge >= 0.3 is 0 Å². The fourth-order valence-electron chi connectivity index (χ4n) is 2.95. The van der Waals surface area contributed by atoms with Crippen molar-refractivity contribution in [2.24, 2.45) is 0 Å². The van der Waals surface area contributed by atoms with Gasteiger partial charge in [0.1, 0.15) is 5.82 Å². The Hall–Kier alpha value is -2.56. The molecule has 1 amide bonds. The molecule has 0 saturated carbocycles. The predicted octanol–water partition coefficient (Wildman–Crippen LogP) is 2.46. The first kappa shape index (κ1) is 16.3. The highest BCUT2D eigenvalue weighted by atomic mass is 16.2. The third kappa shape index (κ3) is 3.67. The Morgan fingerprint density at radius 1 is 1.08 bits per heavy atom. The molecule has 0 unspecified atom stereocenters. The zero-order valence-corrected chi connectivity index (χ0v) is 14.3. The van der Waals surface area contributed by atoms with Crippen LogP contribution in [-0.4, -0.2) is 48.5 Å². The number of rotatable bonds is 4. The largest absolute Gasteiger partial charge is 0.376 e. The number of carbonyl (C=O) groups is 1. The van der Waals surface area contributed by atoms with Gasteiger partial charge in [-0.2, -0.15) is 0 Å². The molecule has 5 nitrogen and oxygen atoms in total. The van der Waals surface area contributed by atoms with Crippen LogP contribution in [0.15, 0.2) is 42.6 Å². The van der Waals surface area contributed by atoms with Gasteiger partial charge in [0, 0.05) is 38.1 Å². The third-order valence-corrected chi connectivity index (χ3v) is 4.64. The van der Waals surface area contributed by atoms with Crippen molar-refractivity contribution in [3.63, 3.8) is 0 Å². The van der Waals surface area contributed by atoms with Crippen LogP contribution < -0.4 is 10.2 Å². The van der Waals surface area contributed by atoms with Crippen molar-refractivity contribution in [2.75, 3.05) is 42.9 Å². The van der Waals surface area contributed by atoms with Crippen LogP contribution in [0.2, 0.25) is 0 Å². The number of carbonyl (C=O) groups excluding carboxylic acids is 1. The summed E-state index contributed by atoms with van der Waals surface area (Å²) in [6, 6.07) is 12.0. The van der Waals surface area contributed by atoms with Gasteiger partial charge in [-0.3, -0.25) is 4.79 Å². The fraction of sp³-hybridized carbons (Fsp3) is 0.368. The summed E-state index contributed by atoms with van der Waals surface area (Å²) < 4.78 is 0. The molecule has 2 aromatic rings. The molecule has 0 spiro atoms. The lowest BCUT2D eigenvalue weighted by atomic mass is 10.1. The average Bonchev–Trinajstić information content (AvgIpc) is 2.63. The lowest BCUT2D eigenvalue weighted by Gasteiger charge is -2.35. The van der Waals surface area contributed by atoms with E-state index in [-0.39, 0.29) is 5.91 Å². The summed E-state index contributed by atoms with van der Waals surface area (Å²) in [5.74, 6) is 1.13. The number of nitrogens with zero attached hydrogens (tertiary/aromatic N) is 3. The van der Waals surface area contributed by atoms with Gasteiger partial charge in [0.05, 0.1) is 6.54 Å². The number of pyridine rings is 1. The van der Waals surface area contributed by atoms with Crippen LogP contribution in [0, 0.1) is 13.8 Å². The number of aromatic nitrogens is 1. The molecule has 1 aliphatic heterocycles. The number of nitrogens with one attached hydrogen (secondary N) is 1. The van der Waals surface area contributed by atoms with Crippen LogP contribution >= 0.6 is 0 Å². The highest BCUT2D eigenvalue weighted by Gasteiger charge is 2.21. The summed E-state index contributed by atoms with van der Waals surface area (Å²) in [7, 11) is 0. The minimum absolute atomic E-state index is 0.150. The van der Waals surface area contributed by atoms with E-state index in [4.69, 9.17) is 0 Å². The van der Waals surface area contributed by atoms with Gasteiger partial charge in [-0.25, -0.2) is 4.98 Å². The molecule has 1 saturated heterocycles. The van der Waals surface area contributed by atoms with E-state index in [0.29, 0.717) is 6.54 Å². The number of hydrogen-bond acceptors (Lipinski definition) is 4. The Morgan fingerprint density at radius 2 is 1.88 bits per heavy atom. The lowest BCUT2D eigenvalue weighted by Crippen LogP contribution is -2.50. The minimum Gasteiger partial charge on any atom is -0.376 e. The van der Waals surface area contributed by atoms with Gasteiger partial charge in [0.15, 0.2) is 0 Å². The number of benzene rings is 1. The van der Waals surface area contributed by atoms with E-state index in [1.165, 1.54) is 11.1 Å². The van der Waals surface area contributed by atoms with Crippen LogP contribution in [0.25, 0.3) is 0 Å². The average molecular weight is 324 g/mol. The molecule has 1 aromatic heterocycles. The van der Waals surface area contributed by atoms with Gasteiger partial charge in [0.2, 0.25) is 5.91 Å². The van der Waals surface area contributed by atoms with Crippen LogP contribution in [0.4, 0.5) is 11.5 Å². The summed E-state index contributed by atoms with van der Waals surface area (Å²) in [4.78, 5) is 21.0. The van der Waals surface area contributed by atoms with Crippen LogP contribution in [-0.2, 0) is 4.79 Å². The van der Waals surface area contributed by atoms with Crippen molar-refractivity contribution in [1.82, 2.24) is 9.88 Å². The maximum Gasteiger partial charge on any atom is 0.241 e. The molecule has 1 fully saturated rings. The summed E-state index contributed by atoms with van der Waals surface area (Å²) in [6.07, 6.45) is 1.81. The number of aryl methyl sites for hydroxylation is 1. The number of anilines is 2. The second-order valence-corrected chi connectivity index (χ2v) is 6.16. The molecule has 2 heterocycles. The topological polar surface area (TPSA) is 48.5 Å². The van der Waals surface area contributed by atoms with Crippen LogP contribution in [0.1, 0.15) is 11.1 Å². The van der Waals surface area contributed by atoms with Gasteiger partial charge in [-0.15, -0.1) is 0 Å². The molecule has 1 N–H and O–H groups in total. The Bertz CT molecular complexity index is 694. The van der Waals surface area contributed by atoms with Crippen molar-refractivity contribution in [1.29, 1.82) is 0 Å². The first-order valence-corrected chi connectivity index (χ1v) is 8.39. The molecule has 1 aromatic carbocycles. The zero-order valence-electron chi connectivity index (χ0n) is 14.3. The van der Waals surface area contributed by atoms with Crippen molar-refractivity contribution < 1.29 is 4.79 Å². The lowest BCUT2D eigenvalue weighted by molar-refractivity contribution is -0.129. The second kappa shape index (κ2) is 7.34. The molecule has 0 aliphatic carbocycles. The standard InChI is InChI=1S/C19H24N4O/c1-15-6-5-7-17(16(15)2)21-14-19(24)23-12-10-22(11-13-23)18-8-3-4-9-20-18/h3-9,21H,10-14H2,1-2H3. The quantitative estimate of drug-likeness (QED) is 0.938. The van der Waals surface area contributed by atoms with Gasteiger partial charge in [-0.05, 0) is 43.2 Å². The van der Waals surface area contributed by atoms with Crippen LogP contribution in [0.5, 0.6) is 0 Å². The summed E-state index contributed by atoms with van der Waals surface area (Å²) >= 11 is 0. The van der Waals surface area contributed by atoms with E-state index in [1.807, 2.05) is 35.2 Å².